The van der Waals surface area contributed by atoms with E-state index in [1.807, 2.05) is 48.7 Å². The smallest absolute Gasteiger partial charge is 0.349 e. The molecule has 5 rings (SSSR count). The van der Waals surface area contributed by atoms with E-state index in [1.165, 1.54) is 13.2 Å². The summed E-state index contributed by atoms with van der Waals surface area (Å²) in [6, 6.07) is 13.8. The highest BCUT2D eigenvalue weighted by Gasteiger charge is 2.31. The van der Waals surface area contributed by atoms with E-state index in [-0.39, 0.29) is 5.41 Å². The van der Waals surface area contributed by atoms with Gasteiger partial charge in [0.1, 0.15) is 11.3 Å². The normalized spacial score (nSPS) is 12.6. The third kappa shape index (κ3) is 6.57. The van der Waals surface area contributed by atoms with Crippen LogP contribution in [0.25, 0.3) is 38.7 Å². The van der Waals surface area contributed by atoms with E-state index in [9.17, 15) is 9.59 Å². The van der Waals surface area contributed by atoms with Gasteiger partial charge in [-0.15, -0.1) is 11.3 Å². The molecule has 0 fully saturated rings. The van der Waals surface area contributed by atoms with Crippen molar-refractivity contribution in [3.05, 3.63) is 89.1 Å². The zero-order chi connectivity index (χ0) is 30.9. The molecule has 0 saturated carbocycles. The summed E-state index contributed by atoms with van der Waals surface area (Å²) in [6.45, 7) is 10.3. The average molecular weight is 599 g/mol. The van der Waals surface area contributed by atoms with Gasteiger partial charge in [-0.3, -0.25) is 0 Å². The number of nitrogens with zero attached hydrogens (tertiary/aromatic N) is 2. The average Bonchev–Trinajstić information content (AvgIpc) is 3.67. The van der Waals surface area contributed by atoms with Crippen LogP contribution in [0.3, 0.4) is 0 Å². The Morgan fingerprint density at radius 1 is 1.07 bits per heavy atom. The molecule has 0 unspecified atom stereocenters. The molecule has 2 aromatic carbocycles. The lowest BCUT2D eigenvalue weighted by atomic mass is 9.93. The standard InChI is InChI=1S/C34H34N2O6S/c1-33(2,3)29-20-43-31(35-29)28-16-23-15-21(11-14-27(23)41-28)18-36-19-22(9-7-8-10-30(37)38)25-17-24(12-13-26(25)36)42-34(4,5)32(39)40-6/h7-17,19-20H,18H2,1-6H3,(H,37,38)/b9-7+,10-8+. The van der Waals surface area contributed by atoms with Crippen molar-refractivity contribution in [2.24, 2.45) is 0 Å². The first-order chi connectivity index (χ1) is 20.3. The largest absolute Gasteiger partial charge is 0.478 e. The van der Waals surface area contributed by atoms with Crippen molar-refractivity contribution in [2.45, 2.75) is 52.2 Å². The number of fused-ring (bicyclic) bond motifs is 2. The number of carboxylic acids is 1. The van der Waals surface area contributed by atoms with Crippen LogP contribution in [0, 0.1) is 0 Å². The number of aliphatic carboxylic acids is 1. The number of thiazole rings is 1. The van der Waals surface area contributed by atoms with Crippen molar-refractivity contribution in [2.75, 3.05) is 7.11 Å². The van der Waals surface area contributed by atoms with Crippen molar-refractivity contribution < 1.29 is 28.6 Å². The first-order valence-corrected chi connectivity index (χ1v) is 14.7. The van der Waals surface area contributed by atoms with Crippen LogP contribution < -0.4 is 4.74 Å². The zero-order valence-corrected chi connectivity index (χ0v) is 25.8. The number of hydrogen-bond donors (Lipinski definition) is 1. The van der Waals surface area contributed by atoms with Crippen molar-refractivity contribution >= 4 is 51.2 Å². The number of esters is 1. The Balaban J connectivity index is 1.48. The molecule has 8 nitrogen and oxygen atoms in total. The highest BCUT2D eigenvalue weighted by molar-refractivity contribution is 7.13. The first kappa shape index (κ1) is 29.8. The lowest BCUT2D eigenvalue weighted by Gasteiger charge is -2.23. The zero-order valence-electron chi connectivity index (χ0n) is 25.0. The predicted molar refractivity (Wildman–Crippen MR) is 170 cm³/mol. The van der Waals surface area contributed by atoms with Crippen molar-refractivity contribution in [3.63, 3.8) is 0 Å². The molecule has 0 aliphatic rings. The quantitative estimate of drug-likeness (QED) is 0.105. The van der Waals surface area contributed by atoms with Crippen LogP contribution in [0.15, 0.2) is 76.7 Å². The van der Waals surface area contributed by atoms with Gasteiger partial charge in [-0.25, -0.2) is 14.6 Å². The molecule has 222 valence electrons. The molecule has 0 saturated heterocycles. The van der Waals surface area contributed by atoms with Crippen LogP contribution >= 0.6 is 11.3 Å². The minimum atomic E-state index is -1.17. The number of allylic oxidation sites excluding steroid dienone is 2. The Kier molecular flexibility index (Phi) is 8.03. The highest BCUT2D eigenvalue weighted by Crippen LogP contribution is 2.34. The molecule has 9 heteroatoms. The van der Waals surface area contributed by atoms with E-state index in [2.05, 4.69) is 36.8 Å². The van der Waals surface area contributed by atoms with Gasteiger partial charge in [0.05, 0.1) is 12.8 Å². The molecule has 3 heterocycles. The molecule has 5 aromatic rings. The van der Waals surface area contributed by atoms with E-state index in [1.54, 1.807) is 31.3 Å². The number of methoxy groups -OCH3 is 1. The molecular weight excluding hydrogens is 564 g/mol. The summed E-state index contributed by atoms with van der Waals surface area (Å²) in [4.78, 5) is 27.9. The van der Waals surface area contributed by atoms with E-state index < -0.39 is 17.5 Å². The van der Waals surface area contributed by atoms with Crippen LogP contribution in [0.4, 0.5) is 0 Å². The second-order valence-corrected chi connectivity index (χ2v) is 12.7. The molecule has 0 bridgehead atoms. The molecule has 0 aliphatic carbocycles. The topological polar surface area (TPSA) is 104 Å². The predicted octanol–water partition coefficient (Wildman–Crippen LogP) is 7.84. The fourth-order valence-corrected chi connectivity index (χ4v) is 5.73. The Bertz CT molecular complexity index is 1880. The molecule has 0 radical (unpaired) electrons. The summed E-state index contributed by atoms with van der Waals surface area (Å²) in [5, 5.41) is 13.8. The Hall–Kier alpha value is -4.63. The molecule has 0 spiro atoms. The fraction of sp³-hybridized carbons (Fsp3) is 0.265. The third-order valence-electron chi connectivity index (χ3n) is 6.98. The SMILES string of the molecule is COC(=O)C(C)(C)Oc1ccc2c(c1)c(/C=C/C=C/C(=O)O)cn2Cc1ccc2oc(-c3nc(C(C)(C)C)cs3)cc2c1. The lowest BCUT2D eigenvalue weighted by Crippen LogP contribution is -2.39. The number of furan rings is 1. The highest BCUT2D eigenvalue weighted by atomic mass is 32.1. The van der Waals surface area contributed by atoms with Crippen LogP contribution in [0.1, 0.15) is 51.4 Å². The number of carbonyl (C=O) groups excluding carboxylic acids is 1. The van der Waals surface area contributed by atoms with Crippen molar-refractivity contribution in [1.82, 2.24) is 9.55 Å². The molecular formula is C34H34N2O6S. The molecule has 0 atom stereocenters. The minimum Gasteiger partial charge on any atom is -0.478 e. The summed E-state index contributed by atoms with van der Waals surface area (Å²) in [6.07, 6.45) is 8.09. The number of rotatable bonds is 9. The van der Waals surface area contributed by atoms with Gasteiger partial charge in [0.2, 0.25) is 0 Å². The Morgan fingerprint density at radius 3 is 2.56 bits per heavy atom. The number of benzene rings is 2. The van der Waals surface area contributed by atoms with E-state index in [4.69, 9.17) is 24.0 Å². The summed E-state index contributed by atoms with van der Waals surface area (Å²) in [5.74, 6) is -0.231. The second-order valence-electron chi connectivity index (χ2n) is 11.8. The number of hydrogen-bond acceptors (Lipinski definition) is 7. The van der Waals surface area contributed by atoms with Gasteiger partial charge < -0.3 is 23.6 Å². The van der Waals surface area contributed by atoms with Gasteiger partial charge >= 0.3 is 11.9 Å². The van der Waals surface area contributed by atoms with E-state index >= 15 is 0 Å². The lowest BCUT2D eigenvalue weighted by molar-refractivity contribution is -0.156. The summed E-state index contributed by atoms with van der Waals surface area (Å²) in [5.41, 5.74) is 3.55. The maximum Gasteiger partial charge on any atom is 0.349 e. The van der Waals surface area contributed by atoms with Crippen LogP contribution in [-0.2, 0) is 26.3 Å². The van der Waals surface area contributed by atoms with Gasteiger partial charge in [-0.05, 0) is 55.8 Å². The van der Waals surface area contributed by atoms with Gasteiger partial charge in [0.25, 0.3) is 0 Å². The monoisotopic (exact) mass is 598 g/mol. The number of carbonyl (C=O) groups is 2. The van der Waals surface area contributed by atoms with Gasteiger partial charge in [-0.1, -0.05) is 45.1 Å². The molecule has 0 aliphatic heterocycles. The van der Waals surface area contributed by atoms with Crippen molar-refractivity contribution in [3.8, 4) is 16.5 Å². The first-order valence-electron chi connectivity index (χ1n) is 13.8. The Morgan fingerprint density at radius 2 is 1.86 bits per heavy atom. The van der Waals surface area contributed by atoms with E-state index in [0.717, 1.165) is 55.5 Å². The molecule has 0 amide bonds. The molecule has 43 heavy (non-hydrogen) atoms. The molecule has 3 aromatic heterocycles. The maximum absolute atomic E-state index is 12.2. The number of aromatic nitrogens is 2. The molecule has 1 N–H and O–H groups in total. The summed E-state index contributed by atoms with van der Waals surface area (Å²) < 4.78 is 19.2. The second kappa shape index (κ2) is 11.6. The van der Waals surface area contributed by atoms with E-state index in [0.29, 0.717) is 12.3 Å². The third-order valence-corrected chi connectivity index (χ3v) is 7.83. The van der Waals surface area contributed by atoms with Gasteiger partial charge in [0, 0.05) is 51.5 Å². The summed E-state index contributed by atoms with van der Waals surface area (Å²) >= 11 is 1.58. The number of carboxylic acid groups (broad SMARTS) is 1. The van der Waals surface area contributed by atoms with Crippen LogP contribution in [-0.4, -0.2) is 39.3 Å². The van der Waals surface area contributed by atoms with Crippen LogP contribution in [0.5, 0.6) is 5.75 Å². The van der Waals surface area contributed by atoms with Crippen LogP contribution in [0.2, 0.25) is 0 Å². The summed E-state index contributed by atoms with van der Waals surface area (Å²) in [7, 11) is 1.33. The van der Waals surface area contributed by atoms with Gasteiger partial charge in [0.15, 0.2) is 16.4 Å². The number of ether oxygens (including phenoxy) is 2. The minimum absolute atomic E-state index is 0.0293. The Labute approximate surface area is 253 Å². The van der Waals surface area contributed by atoms with Gasteiger partial charge in [-0.2, -0.15) is 0 Å². The van der Waals surface area contributed by atoms with Crippen molar-refractivity contribution in [1.29, 1.82) is 0 Å². The fourth-order valence-electron chi connectivity index (χ4n) is 4.73. The maximum atomic E-state index is 12.2.